The van der Waals surface area contributed by atoms with Gasteiger partial charge in [-0.05, 0) is 44.4 Å². The summed E-state index contributed by atoms with van der Waals surface area (Å²) >= 11 is 0. The van der Waals surface area contributed by atoms with Crippen molar-refractivity contribution in [1.82, 2.24) is 0 Å². The second-order valence-corrected chi connectivity index (χ2v) is 5.18. The molecule has 0 bridgehead atoms. The van der Waals surface area contributed by atoms with E-state index >= 15 is 0 Å². The number of nitrogens with zero attached hydrogens (tertiary/aromatic N) is 1. The number of aryl methyl sites for hydroxylation is 1. The van der Waals surface area contributed by atoms with Crippen LogP contribution in [0, 0.1) is 0 Å². The van der Waals surface area contributed by atoms with Gasteiger partial charge in [0.05, 0.1) is 0 Å². The van der Waals surface area contributed by atoms with Crippen molar-refractivity contribution >= 4 is 5.69 Å². The highest BCUT2D eigenvalue weighted by Gasteiger charge is 2.11. The van der Waals surface area contributed by atoms with Crippen molar-refractivity contribution in [2.75, 3.05) is 18.5 Å². The zero-order chi connectivity index (χ0) is 12.2. The summed E-state index contributed by atoms with van der Waals surface area (Å²) in [7, 11) is 2.12. The fraction of sp³-hybridized carbons (Fsp3) is 0.571. The summed E-state index contributed by atoms with van der Waals surface area (Å²) in [4.78, 5) is 2.26. The van der Waals surface area contributed by atoms with Crippen molar-refractivity contribution in [2.24, 2.45) is 5.73 Å². The van der Waals surface area contributed by atoms with E-state index in [0.29, 0.717) is 0 Å². The van der Waals surface area contributed by atoms with Gasteiger partial charge in [0.1, 0.15) is 0 Å². The minimum Gasteiger partial charge on any atom is -0.375 e. The second kappa shape index (κ2) is 5.35. The summed E-state index contributed by atoms with van der Waals surface area (Å²) in [5, 5.41) is 0. The molecule has 0 amide bonds. The molecule has 0 saturated carbocycles. The summed E-state index contributed by atoms with van der Waals surface area (Å²) in [5.41, 5.74) is 8.55. The van der Waals surface area contributed by atoms with Gasteiger partial charge in [0, 0.05) is 24.8 Å². The molecule has 1 rings (SSSR count). The molecule has 0 heterocycles. The van der Waals surface area contributed by atoms with Crippen LogP contribution in [0.4, 0.5) is 5.69 Å². The third kappa shape index (κ3) is 4.23. The molecular weight excluding hydrogens is 196 g/mol. The molecule has 0 spiro atoms. The van der Waals surface area contributed by atoms with Crippen LogP contribution in [-0.2, 0) is 6.42 Å². The van der Waals surface area contributed by atoms with Crippen molar-refractivity contribution < 1.29 is 0 Å². The van der Waals surface area contributed by atoms with Gasteiger partial charge in [-0.3, -0.25) is 0 Å². The summed E-state index contributed by atoms with van der Waals surface area (Å²) in [6, 6.07) is 8.75. The third-order valence-corrected chi connectivity index (χ3v) is 2.88. The normalized spacial score (nSPS) is 11.6. The largest absolute Gasteiger partial charge is 0.375 e. The predicted molar refractivity (Wildman–Crippen MR) is 72.0 cm³/mol. The van der Waals surface area contributed by atoms with Gasteiger partial charge in [0.25, 0.3) is 0 Å². The molecule has 1 aromatic carbocycles. The van der Waals surface area contributed by atoms with Crippen LogP contribution < -0.4 is 10.6 Å². The van der Waals surface area contributed by atoms with E-state index in [4.69, 9.17) is 5.73 Å². The predicted octanol–water partition coefficient (Wildman–Crippen LogP) is 2.81. The van der Waals surface area contributed by atoms with Gasteiger partial charge in [-0.2, -0.15) is 0 Å². The van der Waals surface area contributed by atoms with E-state index in [2.05, 4.69) is 57.0 Å². The molecule has 0 aromatic heterocycles. The van der Waals surface area contributed by atoms with Crippen molar-refractivity contribution in [2.45, 2.75) is 39.2 Å². The SMILES string of the molecule is CCc1ccc(N(C)CCC(C)(C)N)cc1. The lowest BCUT2D eigenvalue weighted by Crippen LogP contribution is -2.36. The number of benzene rings is 1. The van der Waals surface area contributed by atoms with Crippen LogP contribution in [0.2, 0.25) is 0 Å². The lowest BCUT2D eigenvalue weighted by atomic mass is 10.0. The maximum atomic E-state index is 5.98. The average Bonchev–Trinajstić information content (AvgIpc) is 2.25. The number of rotatable bonds is 5. The van der Waals surface area contributed by atoms with Crippen molar-refractivity contribution in [3.8, 4) is 0 Å². The Morgan fingerprint density at radius 3 is 2.19 bits per heavy atom. The highest BCUT2D eigenvalue weighted by Crippen LogP contribution is 2.15. The third-order valence-electron chi connectivity index (χ3n) is 2.88. The maximum Gasteiger partial charge on any atom is 0.0363 e. The Balaban J connectivity index is 2.56. The van der Waals surface area contributed by atoms with Crippen LogP contribution in [0.1, 0.15) is 32.8 Å². The first-order valence-corrected chi connectivity index (χ1v) is 6.01. The molecule has 0 aliphatic carbocycles. The Hall–Kier alpha value is -1.02. The molecule has 2 nitrogen and oxygen atoms in total. The van der Waals surface area contributed by atoms with E-state index in [1.54, 1.807) is 0 Å². The Kier molecular flexibility index (Phi) is 4.36. The topological polar surface area (TPSA) is 29.3 Å². The first kappa shape index (κ1) is 13.0. The van der Waals surface area contributed by atoms with Gasteiger partial charge in [0.15, 0.2) is 0 Å². The summed E-state index contributed by atoms with van der Waals surface area (Å²) < 4.78 is 0. The molecule has 0 radical (unpaired) electrons. The van der Waals surface area contributed by atoms with Gasteiger partial charge < -0.3 is 10.6 Å². The van der Waals surface area contributed by atoms with E-state index < -0.39 is 0 Å². The van der Waals surface area contributed by atoms with E-state index in [-0.39, 0.29) is 5.54 Å². The zero-order valence-corrected chi connectivity index (χ0v) is 11.0. The van der Waals surface area contributed by atoms with E-state index in [9.17, 15) is 0 Å². The molecule has 1 aromatic rings. The number of anilines is 1. The Morgan fingerprint density at radius 1 is 1.19 bits per heavy atom. The monoisotopic (exact) mass is 220 g/mol. The quantitative estimate of drug-likeness (QED) is 0.826. The fourth-order valence-corrected chi connectivity index (χ4v) is 1.57. The fourth-order valence-electron chi connectivity index (χ4n) is 1.57. The minimum atomic E-state index is -0.0857. The number of hydrogen-bond acceptors (Lipinski definition) is 2. The van der Waals surface area contributed by atoms with Crippen LogP contribution in [0.3, 0.4) is 0 Å². The molecule has 90 valence electrons. The van der Waals surface area contributed by atoms with Crippen LogP contribution in [0.5, 0.6) is 0 Å². The van der Waals surface area contributed by atoms with Crippen LogP contribution in [0.25, 0.3) is 0 Å². The van der Waals surface area contributed by atoms with E-state index in [0.717, 1.165) is 19.4 Å². The number of nitrogens with two attached hydrogens (primary N) is 1. The Bertz CT molecular complexity index is 309. The van der Waals surface area contributed by atoms with E-state index in [1.807, 2.05) is 0 Å². The number of hydrogen-bond donors (Lipinski definition) is 1. The van der Waals surface area contributed by atoms with Gasteiger partial charge in [-0.1, -0.05) is 19.1 Å². The highest BCUT2D eigenvalue weighted by atomic mass is 15.1. The van der Waals surface area contributed by atoms with Crippen LogP contribution in [0.15, 0.2) is 24.3 Å². The molecule has 2 heteroatoms. The summed E-state index contributed by atoms with van der Waals surface area (Å²) in [6.45, 7) is 7.31. The zero-order valence-electron chi connectivity index (χ0n) is 11.0. The van der Waals surface area contributed by atoms with Gasteiger partial charge in [-0.15, -0.1) is 0 Å². The minimum absolute atomic E-state index is 0.0857. The standard InChI is InChI=1S/C14H24N2/c1-5-12-6-8-13(9-7-12)16(4)11-10-14(2,3)15/h6-9H,5,10-11,15H2,1-4H3. The average molecular weight is 220 g/mol. The van der Waals surface area contributed by atoms with Gasteiger partial charge in [0.2, 0.25) is 0 Å². The van der Waals surface area contributed by atoms with Crippen molar-refractivity contribution in [3.05, 3.63) is 29.8 Å². The Labute approximate surface area is 99.5 Å². The second-order valence-electron chi connectivity index (χ2n) is 5.18. The van der Waals surface area contributed by atoms with E-state index in [1.165, 1.54) is 11.3 Å². The van der Waals surface area contributed by atoms with Crippen molar-refractivity contribution in [1.29, 1.82) is 0 Å². The maximum absolute atomic E-state index is 5.98. The van der Waals surface area contributed by atoms with Crippen LogP contribution >= 0.6 is 0 Å². The lowest BCUT2D eigenvalue weighted by molar-refractivity contribution is 0.479. The lowest BCUT2D eigenvalue weighted by Gasteiger charge is -2.25. The van der Waals surface area contributed by atoms with Gasteiger partial charge >= 0.3 is 0 Å². The summed E-state index contributed by atoms with van der Waals surface area (Å²) in [5.74, 6) is 0. The first-order chi connectivity index (χ1) is 7.42. The molecule has 2 N–H and O–H groups in total. The van der Waals surface area contributed by atoms with Crippen LogP contribution in [-0.4, -0.2) is 19.1 Å². The smallest absolute Gasteiger partial charge is 0.0363 e. The molecule has 0 unspecified atom stereocenters. The highest BCUT2D eigenvalue weighted by molar-refractivity contribution is 5.46. The summed E-state index contributed by atoms with van der Waals surface area (Å²) in [6.07, 6.45) is 2.10. The van der Waals surface area contributed by atoms with Gasteiger partial charge in [-0.25, -0.2) is 0 Å². The molecule has 16 heavy (non-hydrogen) atoms. The molecule has 0 saturated heterocycles. The van der Waals surface area contributed by atoms with Crippen molar-refractivity contribution in [3.63, 3.8) is 0 Å². The molecule has 0 aliphatic rings. The molecule has 0 atom stereocenters. The molecular formula is C14H24N2. The molecule has 0 fully saturated rings. The Morgan fingerprint density at radius 2 is 1.75 bits per heavy atom. The molecule has 0 aliphatic heterocycles. The first-order valence-electron chi connectivity index (χ1n) is 6.01.